The molecule has 0 radical (unpaired) electrons. The lowest BCUT2D eigenvalue weighted by atomic mass is 10.1. The Bertz CT molecular complexity index is 1300. The second-order valence-corrected chi connectivity index (χ2v) is 9.08. The molecule has 30 heavy (non-hydrogen) atoms. The third kappa shape index (κ3) is 4.28. The van der Waals surface area contributed by atoms with E-state index >= 15 is 0 Å². The average Bonchev–Trinajstić information content (AvgIpc) is 3.19. The van der Waals surface area contributed by atoms with Gasteiger partial charge in [0.2, 0.25) is 5.91 Å². The van der Waals surface area contributed by atoms with Crippen LogP contribution in [0.25, 0.3) is 15.9 Å². The summed E-state index contributed by atoms with van der Waals surface area (Å²) in [4.78, 5) is 30.2. The molecule has 0 spiro atoms. The molecule has 2 heterocycles. The molecular formula is C22H18ClN3O2S2. The molecule has 4 rings (SSSR count). The quantitative estimate of drug-likeness (QED) is 0.321. The van der Waals surface area contributed by atoms with Crippen LogP contribution < -0.4 is 10.9 Å². The number of hydrogen-bond donors (Lipinski definition) is 1. The van der Waals surface area contributed by atoms with Gasteiger partial charge >= 0.3 is 0 Å². The van der Waals surface area contributed by atoms with E-state index in [1.807, 2.05) is 43.5 Å². The summed E-state index contributed by atoms with van der Waals surface area (Å²) in [5.41, 5.74) is 4.16. The molecule has 4 aromatic rings. The Kier molecular flexibility index (Phi) is 5.94. The van der Waals surface area contributed by atoms with E-state index in [1.165, 1.54) is 33.2 Å². The number of carbonyl (C=O) groups excluding carboxylic acids is 1. The van der Waals surface area contributed by atoms with E-state index in [0.29, 0.717) is 26.1 Å². The zero-order valence-corrected chi connectivity index (χ0v) is 18.7. The molecule has 1 N–H and O–H groups in total. The summed E-state index contributed by atoms with van der Waals surface area (Å²) in [6.07, 6.45) is 0. The highest BCUT2D eigenvalue weighted by Crippen LogP contribution is 2.24. The lowest BCUT2D eigenvalue weighted by Gasteiger charge is -2.12. The van der Waals surface area contributed by atoms with Gasteiger partial charge in [-0.25, -0.2) is 4.98 Å². The summed E-state index contributed by atoms with van der Waals surface area (Å²) in [7, 11) is 0. The molecule has 0 bridgehead atoms. The number of anilines is 1. The van der Waals surface area contributed by atoms with E-state index < -0.39 is 0 Å². The minimum atomic E-state index is -0.162. The maximum absolute atomic E-state index is 13.1. The van der Waals surface area contributed by atoms with Gasteiger partial charge < -0.3 is 5.32 Å². The van der Waals surface area contributed by atoms with Crippen molar-refractivity contribution < 1.29 is 4.79 Å². The molecule has 0 fully saturated rings. The Balaban J connectivity index is 1.62. The number of aryl methyl sites for hydroxylation is 2. The number of hydrogen-bond acceptors (Lipinski definition) is 5. The van der Waals surface area contributed by atoms with Crippen molar-refractivity contribution in [2.75, 3.05) is 11.1 Å². The summed E-state index contributed by atoms with van der Waals surface area (Å²) in [5, 5.41) is 5.79. The molecular weight excluding hydrogens is 438 g/mol. The van der Waals surface area contributed by atoms with Crippen LogP contribution in [-0.4, -0.2) is 21.2 Å². The van der Waals surface area contributed by atoms with E-state index in [0.717, 1.165) is 11.3 Å². The van der Waals surface area contributed by atoms with E-state index in [9.17, 15) is 9.59 Å². The van der Waals surface area contributed by atoms with Gasteiger partial charge in [0.05, 0.1) is 17.0 Å². The molecule has 0 unspecified atom stereocenters. The van der Waals surface area contributed by atoms with Gasteiger partial charge in [-0.15, -0.1) is 11.3 Å². The fourth-order valence-electron chi connectivity index (χ4n) is 2.95. The average molecular weight is 456 g/mol. The number of halogens is 1. The molecule has 5 nitrogen and oxygen atoms in total. The zero-order chi connectivity index (χ0) is 21.3. The number of nitrogens with zero attached hydrogens (tertiary/aromatic N) is 2. The first-order valence-electron chi connectivity index (χ1n) is 9.18. The molecule has 0 atom stereocenters. The Hall–Kier alpha value is -2.61. The SMILES string of the molecule is Cc1ccc(NC(=O)CSc2nc3ccsc3c(=O)n2-c2ccc(Cl)cc2)cc1C. The first-order chi connectivity index (χ1) is 14.4. The Labute approximate surface area is 186 Å². The van der Waals surface area contributed by atoms with Gasteiger partial charge in [0.15, 0.2) is 5.16 Å². The summed E-state index contributed by atoms with van der Waals surface area (Å²) >= 11 is 8.58. The fraction of sp³-hybridized carbons (Fsp3) is 0.136. The lowest BCUT2D eigenvalue weighted by molar-refractivity contribution is -0.113. The predicted molar refractivity (Wildman–Crippen MR) is 125 cm³/mol. The van der Waals surface area contributed by atoms with Crippen LogP contribution in [0, 0.1) is 13.8 Å². The van der Waals surface area contributed by atoms with Crippen LogP contribution >= 0.6 is 34.7 Å². The highest BCUT2D eigenvalue weighted by molar-refractivity contribution is 7.99. The number of fused-ring (bicyclic) bond motifs is 1. The summed E-state index contributed by atoms with van der Waals surface area (Å²) in [5.74, 6) is -0.0339. The van der Waals surface area contributed by atoms with Crippen molar-refractivity contribution in [1.82, 2.24) is 9.55 Å². The van der Waals surface area contributed by atoms with E-state index in [1.54, 1.807) is 24.3 Å². The van der Waals surface area contributed by atoms with Gasteiger partial charge in [-0.05, 0) is 72.8 Å². The molecule has 2 aromatic heterocycles. The van der Waals surface area contributed by atoms with Crippen molar-refractivity contribution in [3.8, 4) is 5.69 Å². The zero-order valence-electron chi connectivity index (χ0n) is 16.3. The highest BCUT2D eigenvalue weighted by Gasteiger charge is 2.16. The van der Waals surface area contributed by atoms with E-state index in [-0.39, 0.29) is 17.2 Å². The number of aromatic nitrogens is 2. The van der Waals surface area contributed by atoms with Crippen LogP contribution in [0.15, 0.2) is 63.9 Å². The molecule has 152 valence electrons. The second kappa shape index (κ2) is 8.63. The summed E-state index contributed by atoms with van der Waals surface area (Å²) in [6.45, 7) is 4.03. The Morgan fingerprint density at radius 3 is 2.63 bits per heavy atom. The number of benzene rings is 2. The lowest BCUT2D eigenvalue weighted by Crippen LogP contribution is -2.22. The van der Waals surface area contributed by atoms with Gasteiger partial charge in [-0.1, -0.05) is 29.4 Å². The fourth-order valence-corrected chi connectivity index (χ4v) is 4.65. The Morgan fingerprint density at radius 1 is 1.13 bits per heavy atom. The molecule has 0 aliphatic carbocycles. The molecule has 0 saturated carbocycles. The smallest absolute Gasteiger partial charge is 0.276 e. The number of amides is 1. The van der Waals surface area contributed by atoms with Crippen LogP contribution in [0.3, 0.4) is 0 Å². The van der Waals surface area contributed by atoms with Crippen molar-refractivity contribution in [3.05, 3.63) is 80.4 Å². The monoisotopic (exact) mass is 455 g/mol. The minimum absolute atomic E-state index is 0.128. The Morgan fingerprint density at radius 2 is 1.90 bits per heavy atom. The first-order valence-corrected chi connectivity index (χ1v) is 11.4. The molecule has 1 amide bonds. The number of thioether (sulfide) groups is 1. The van der Waals surface area contributed by atoms with Crippen molar-refractivity contribution >= 4 is 56.5 Å². The van der Waals surface area contributed by atoms with Gasteiger partial charge in [0.1, 0.15) is 4.70 Å². The van der Waals surface area contributed by atoms with Crippen molar-refractivity contribution in [3.63, 3.8) is 0 Å². The van der Waals surface area contributed by atoms with Crippen molar-refractivity contribution in [2.45, 2.75) is 19.0 Å². The topological polar surface area (TPSA) is 64.0 Å². The molecule has 0 saturated heterocycles. The maximum Gasteiger partial charge on any atom is 0.276 e. The second-order valence-electron chi connectivity index (χ2n) is 6.78. The summed E-state index contributed by atoms with van der Waals surface area (Å²) < 4.78 is 2.11. The van der Waals surface area contributed by atoms with Gasteiger partial charge in [-0.3, -0.25) is 14.2 Å². The number of carbonyl (C=O) groups is 1. The van der Waals surface area contributed by atoms with E-state index in [2.05, 4.69) is 10.3 Å². The third-order valence-corrected chi connectivity index (χ3v) is 6.74. The molecule has 8 heteroatoms. The molecule has 0 aliphatic rings. The largest absolute Gasteiger partial charge is 0.325 e. The maximum atomic E-state index is 13.1. The van der Waals surface area contributed by atoms with Crippen molar-refractivity contribution in [2.24, 2.45) is 0 Å². The van der Waals surface area contributed by atoms with Gasteiger partial charge in [0, 0.05) is 10.7 Å². The van der Waals surface area contributed by atoms with Crippen LogP contribution in [0.5, 0.6) is 0 Å². The predicted octanol–water partition coefficient (Wildman–Crippen LogP) is 5.45. The minimum Gasteiger partial charge on any atom is -0.325 e. The van der Waals surface area contributed by atoms with Crippen molar-refractivity contribution in [1.29, 1.82) is 0 Å². The van der Waals surface area contributed by atoms with Gasteiger partial charge in [-0.2, -0.15) is 0 Å². The van der Waals surface area contributed by atoms with E-state index in [4.69, 9.17) is 11.6 Å². The normalized spacial score (nSPS) is 11.0. The first kappa shape index (κ1) is 20.7. The molecule has 0 aliphatic heterocycles. The van der Waals surface area contributed by atoms with Crippen LogP contribution in [0.2, 0.25) is 5.02 Å². The number of nitrogens with one attached hydrogen (secondary N) is 1. The number of thiophene rings is 1. The highest BCUT2D eigenvalue weighted by atomic mass is 35.5. The summed E-state index contributed by atoms with van der Waals surface area (Å²) in [6, 6.07) is 14.6. The van der Waals surface area contributed by atoms with Gasteiger partial charge in [0.25, 0.3) is 5.56 Å². The third-order valence-electron chi connectivity index (χ3n) is 4.66. The number of rotatable bonds is 5. The van der Waals surface area contributed by atoms with Crippen LogP contribution in [0.1, 0.15) is 11.1 Å². The molecule has 2 aromatic carbocycles. The van der Waals surface area contributed by atoms with Crippen LogP contribution in [0.4, 0.5) is 5.69 Å². The standard InChI is InChI=1S/C22H18ClN3O2S2/c1-13-3-6-16(11-14(13)2)24-19(27)12-30-22-25-18-9-10-29-20(18)21(28)26(22)17-7-4-15(23)5-8-17/h3-11H,12H2,1-2H3,(H,24,27). The van der Waals surface area contributed by atoms with Crippen LogP contribution in [-0.2, 0) is 4.79 Å².